The standard InChI is InChI=1S/C12H19N3O2/c1-3-6-13-7-8-14-11-4-5-12(15(16)17)10(2)9-11/h4-5,9,13-14H,3,6-8H2,1-2H3. The molecule has 5 nitrogen and oxygen atoms in total. The number of hydrogen-bond acceptors (Lipinski definition) is 4. The highest BCUT2D eigenvalue weighted by molar-refractivity contribution is 5.53. The van der Waals surface area contributed by atoms with E-state index in [-0.39, 0.29) is 10.6 Å². The molecule has 5 heteroatoms. The molecule has 0 saturated heterocycles. The van der Waals surface area contributed by atoms with Crippen LogP contribution >= 0.6 is 0 Å². The number of hydrogen-bond donors (Lipinski definition) is 2. The monoisotopic (exact) mass is 237 g/mol. The Labute approximate surface area is 101 Å². The summed E-state index contributed by atoms with van der Waals surface area (Å²) in [7, 11) is 0. The fraction of sp³-hybridized carbons (Fsp3) is 0.500. The SMILES string of the molecule is CCCNCCNc1ccc([N+](=O)[O-])c(C)c1. The maximum Gasteiger partial charge on any atom is 0.272 e. The molecule has 17 heavy (non-hydrogen) atoms. The second kappa shape index (κ2) is 6.85. The lowest BCUT2D eigenvalue weighted by molar-refractivity contribution is -0.385. The lowest BCUT2D eigenvalue weighted by Crippen LogP contribution is -2.22. The number of benzene rings is 1. The number of aryl methyl sites for hydroxylation is 1. The van der Waals surface area contributed by atoms with E-state index in [1.807, 2.05) is 0 Å². The summed E-state index contributed by atoms with van der Waals surface area (Å²) in [6.07, 6.45) is 1.12. The van der Waals surface area contributed by atoms with E-state index in [9.17, 15) is 10.1 Å². The number of nitro benzene ring substituents is 1. The number of nitro groups is 1. The minimum Gasteiger partial charge on any atom is -0.384 e. The van der Waals surface area contributed by atoms with Crippen LogP contribution in [0.2, 0.25) is 0 Å². The topological polar surface area (TPSA) is 67.2 Å². The van der Waals surface area contributed by atoms with E-state index in [1.165, 1.54) is 6.07 Å². The molecule has 0 atom stereocenters. The Morgan fingerprint density at radius 1 is 1.29 bits per heavy atom. The summed E-state index contributed by atoms with van der Waals surface area (Å²) in [4.78, 5) is 10.3. The van der Waals surface area contributed by atoms with E-state index in [1.54, 1.807) is 19.1 Å². The van der Waals surface area contributed by atoms with Crippen molar-refractivity contribution in [1.29, 1.82) is 0 Å². The first kappa shape index (κ1) is 13.4. The summed E-state index contributed by atoms with van der Waals surface area (Å²) in [5.74, 6) is 0. The molecule has 1 aromatic carbocycles. The van der Waals surface area contributed by atoms with E-state index < -0.39 is 0 Å². The molecule has 0 unspecified atom stereocenters. The predicted molar refractivity (Wildman–Crippen MR) is 69.5 cm³/mol. The van der Waals surface area contributed by atoms with Crippen molar-refractivity contribution in [2.24, 2.45) is 0 Å². The van der Waals surface area contributed by atoms with Crippen LogP contribution in [0.15, 0.2) is 18.2 Å². The highest BCUT2D eigenvalue weighted by atomic mass is 16.6. The van der Waals surface area contributed by atoms with E-state index in [4.69, 9.17) is 0 Å². The first-order valence-electron chi connectivity index (χ1n) is 5.84. The van der Waals surface area contributed by atoms with Crippen molar-refractivity contribution in [3.63, 3.8) is 0 Å². The Bertz CT molecular complexity index is 380. The molecule has 1 aromatic rings. The molecule has 1 rings (SSSR count). The number of anilines is 1. The Balaban J connectivity index is 2.45. The van der Waals surface area contributed by atoms with E-state index in [2.05, 4.69) is 17.6 Å². The van der Waals surface area contributed by atoms with E-state index in [0.29, 0.717) is 5.56 Å². The van der Waals surface area contributed by atoms with Crippen LogP contribution < -0.4 is 10.6 Å². The molecular formula is C12H19N3O2. The average molecular weight is 237 g/mol. The zero-order valence-corrected chi connectivity index (χ0v) is 10.3. The molecule has 0 bridgehead atoms. The van der Waals surface area contributed by atoms with Gasteiger partial charge in [0.1, 0.15) is 0 Å². The molecule has 0 heterocycles. The van der Waals surface area contributed by atoms with Gasteiger partial charge in [0.25, 0.3) is 5.69 Å². The van der Waals surface area contributed by atoms with Crippen molar-refractivity contribution in [2.45, 2.75) is 20.3 Å². The van der Waals surface area contributed by atoms with Crippen molar-refractivity contribution in [2.75, 3.05) is 25.0 Å². The summed E-state index contributed by atoms with van der Waals surface area (Å²) >= 11 is 0. The molecule has 0 amide bonds. The molecule has 0 spiro atoms. The van der Waals surface area contributed by atoms with E-state index >= 15 is 0 Å². The minimum absolute atomic E-state index is 0.166. The third kappa shape index (κ3) is 4.40. The Kier molecular flexibility index (Phi) is 5.42. The Morgan fingerprint density at radius 3 is 2.65 bits per heavy atom. The quantitative estimate of drug-likeness (QED) is 0.434. The highest BCUT2D eigenvalue weighted by Gasteiger charge is 2.09. The second-order valence-corrected chi connectivity index (χ2v) is 3.94. The smallest absolute Gasteiger partial charge is 0.272 e. The summed E-state index contributed by atoms with van der Waals surface area (Å²) in [6, 6.07) is 5.08. The van der Waals surface area contributed by atoms with Gasteiger partial charge in [-0.05, 0) is 32.0 Å². The third-order valence-electron chi connectivity index (χ3n) is 2.45. The Morgan fingerprint density at radius 2 is 2.06 bits per heavy atom. The molecule has 0 saturated carbocycles. The zero-order chi connectivity index (χ0) is 12.7. The molecule has 0 aliphatic heterocycles. The zero-order valence-electron chi connectivity index (χ0n) is 10.3. The molecule has 0 aliphatic carbocycles. The minimum atomic E-state index is -0.359. The number of rotatable bonds is 7. The van der Waals surface area contributed by atoms with Gasteiger partial charge in [-0.15, -0.1) is 0 Å². The van der Waals surface area contributed by atoms with Gasteiger partial charge in [-0.25, -0.2) is 0 Å². The molecule has 0 radical (unpaired) electrons. The largest absolute Gasteiger partial charge is 0.384 e. The molecule has 0 aromatic heterocycles. The average Bonchev–Trinajstić information content (AvgIpc) is 2.28. The number of nitrogens with zero attached hydrogens (tertiary/aromatic N) is 1. The van der Waals surface area contributed by atoms with Crippen LogP contribution in [-0.4, -0.2) is 24.6 Å². The predicted octanol–water partition coefficient (Wildman–Crippen LogP) is 2.31. The molecule has 0 fully saturated rings. The van der Waals surface area contributed by atoms with Crippen molar-refractivity contribution in [3.8, 4) is 0 Å². The maximum atomic E-state index is 10.6. The van der Waals surface area contributed by atoms with Crippen LogP contribution in [0.3, 0.4) is 0 Å². The van der Waals surface area contributed by atoms with Gasteiger partial charge in [0.2, 0.25) is 0 Å². The van der Waals surface area contributed by atoms with Gasteiger partial charge < -0.3 is 10.6 Å². The highest BCUT2D eigenvalue weighted by Crippen LogP contribution is 2.21. The van der Waals surface area contributed by atoms with Gasteiger partial charge in [0, 0.05) is 30.4 Å². The summed E-state index contributed by atoms with van der Waals surface area (Å²) in [5.41, 5.74) is 1.77. The first-order chi connectivity index (χ1) is 8.15. The second-order valence-electron chi connectivity index (χ2n) is 3.94. The molecule has 2 N–H and O–H groups in total. The van der Waals surface area contributed by atoms with Crippen molar-refractivity contribution in [1.82, 2.24) is 5.32 Å². The summed E-state index contributed by atoms with van der Waals surface area (Å²) in [6.45, 7) is 6.60. The molecule has 0 aliphatic rings. The molecular weight excluding hydrogens is 218 g/mol. The van der Waals surface area contributed by atoms with Crippen molar-refractivity contribution >= 4 is 11.4 Å². The number of nitrogens with one attached hydrogen (secondary N) is 2. The maximum absolute atomic E-state index is 10.6. The van der Waals surface area contributed by atoms with Crippen LogP contribution in [-0.2, 0) is 0 Å². The van der Waals surface area contributed by atoms with Gasteiger partial charge in [0.15, 0.2) is 0 Å². The van der Waals surface area contributed by atoms with Crippen LogP contribution in [0.5, 0.6) is 0 Å². The van der Waals surface area contributed by atoms with Gasteiger partial charge in [-0.3, -0.25) is 10.1 Å². The Hall–Kier alpha value is -1.62. The van der Waals surface area contributed by atoms with Gasteiger partial charge >= 0.3 is 0 Å². The normalized spacial score (nSPS) is 10.2. The van der Waals surface area contributed by atoms with E-state index in [0.717, 1.165) is 31.7 Å². The van der Waals surface area contributed by atoms with Crippen molar-refractivity contribution < 1.29 is 4.92 Å². The summed E-state index contributed by atoms with van der Waals surface area (Å²) in [5, 5.41) is 17.1. The molecule has 94 valence electrons. The fourth-order valence-corrected chi connectivity index (χ4v) is 1.57. The van der Waals surface area contributed by atoms with Crippen LogP contribution in [0.4, 0.5) is 11.4 Å². The van der Waals surface area contributed by atoms with Gasteiger partial charge in [-0.2, -0.15) is 0 Å². The van der Waals surface area contributed by atoms with Gasteiger partial charge in [0.05, 0.1) is 4.92 Å². The van der Waals surface area contributed by atoms with Crippen molar-refractivity contribution in [3.05, 3.63) is 33.9 Å². The van der Waals surface area contributed by atoms with Crippen LogP contribution in [0.25, 0.3) is 0 Å². The summed E-state index contributed by atoms with van der Waals surface area (Å²) < 4.78 is 0. The first-order valence-corrected chi connectivity index (χ1v) is 5.84. The third-order valence-corrected chi connectivity index (χ3v) is 2.45. The van der Waals surface area contributed by atoms with Gasteiger partial charge in [-0.1, -0.05) is 6.92 Å². The van der Waals surface area contributed by atoms with Crippen LogP contribution in [0, 0.1) is 17.0 Å². The lowest BCUT2D eigenvalue weighted by Gasteiger charge is -2.08. The fourth-order valence-electron chi connectivity index (χ4n) is 1.57. The lowest BCUT2D eigenvalue weighted by atomic mass is 10.2. The van der Waals surface area contributed by atoms with Crippen LogP contribution in [0.1, 0.15) is 18.9 Å².